The van der Waals surface area contributed by atoms with Gasteiger partial charge in [-0.3, -0.25) is 4.98 Å². The number of hydrogen-bond donors (Lipinski definition) is 1. The summed E-state index contributed by atoms with van der Waals surface area (Å²) in [7, 11) is 0. The van der Waals surface area contributed by atoms with E-state index in [0.29, 0.717) is 5.92 Å². The topological polar surface area (TPSA) is 24.9 Å². The first-order chi connectivity index (χ1) is 9.65. The van der Waals surface area contributed by atoms with Crippen LogP contribution in [0.3, 0.4) is 0 Å². The molecular weight excluding hydrogens is 244 g/mol. The maximum Gasteiger partial charge on any atom is 0.0726 e. The van der Waals surface area contributed by atoms with Crippen LogP contribution >= 0.6 is 0 Å². The highest BCUT2D eigenvalue weighted by Gasteiger charge is 2.08. The van der Waals surface area contributed by atoms with Gasteiger partial charge < -0.3 is 5.32 Å². The van der Waals surface area contributed by atoms with Crippen molar-refractivity contribution in [3.63, 3.8) is 0 Å². The molecule has 1 aromatic heterocycles. The minimum absolute atomic E-state index is 0.455. The van der Waals surface area contributed by atoms with Crippen LogP contribution in [0, 0.1) is 0 Å². The predicted molar refractivity (Wildman–Crippen MR) is 88.6 cm³/mol. The van der Waals surface area contributed by atoms with Crippen molar-refractivity contribution < 1.29 is 0 Å². The van der Waals surface area contributed by atoms with Crippen molar-refractivity contribution in [3.8, 4) is 0 Å². The number of aromatic nitrogens is 1. The zero-order valence-electron chi connectivity index (χ0n) is 13.2. The van der Waals surface area contributed by atoms with Crippen LogP contribution in [0.1, 0.15) is 57.7 Å². The molecule has 0 radical (unpaired) electrons. The molecule has 0 spiro atoms. The summed E-state index contributed by atoms with van der Waals surface area (Å²) in [5.74, 6) is 0.455. The summed E-state index contributed by atoms with van der Waals surface area (Å²) in [6.07, 6.45) is 3.64. The van der Waals surface area contributed by atoms with Gasteiger partial charge in [0.25, 0.3) is 0 Å². The zero-order valence-corrected chi connectivity index (χ0v) is 13.2. The third-order valence-electron chi connectivity index (χ3n) is 3.67. The van der Waals surface area contributed by atoms with Crippen molar-refractivity contribution in [3.05, 3.63) is 35.5 Å². The molecule has 2 rings (SSSR count). The molecule has 1 aromatic carbocycles. The Hall–Kier alpha value is -1.57. The maximum absolute atomic E-state index is 4.80. The van der Waals surface area contributed by atoms with Crippen molar-refractivity contribution in [1.29, 1.82) is 0 Å². The Morgan fingerprint density at radius 3 is 2.60 bits per heavy atom. The summed E-state index contributed by atoms with van der Waals surface area (Å²) in [5, 5.41) is 4.74. The molecule has 0 unspecified atom stereocenters. The molecule has 0 bridgehead atoms. The molecule has 2 aromatic rings. The van der Waals surface area contributed by atoms with Gasteiger partial charge in [-0.25, -0.2) is 0 Å². The zero-order chi connectivity index (χ0) is 14.5. The van der Waals surface area contributed by atoms with Gasteiger partial charge >= 0.3 is 0 Å². The van der Waals surface area contributed by atoms with E-state index in [1.54, 1.807) is 0 Å². The molecule has 1 N–H and O–H groups in total. The number of hydrogen-bond acceptors (Lipinski definition) is 2. The minimum atomic E-state index is 0.455. The maximum atomic E-state index is 4.80. The summed E-state index contributed by atoms with van der Waals surface area (Å²) in [4.78, 5) is 4.80. The Kier molecular flexibility index (Phi) is 4.99. The number of anilines is 1. The van der Waals surface area contributed by atoms with Gasteiger partial charge in [0, 0.05) is 23.3 Å². The molecule has 0 atom stereocenters. The molecule has 108 valence electrons. The van der Waals surface area contributed by atoms with Crippen LogP contribution in [-0.2, 0) is 6.42 Å². The third kappa shape index (κ3) is 3.30. The fourth-order valence-electron chi connectivity index (χ4n) is 2.46. The predicted octanol–water partition coefficient (Wildman–Crippen LogP) is 5.13. The van der Waals surface area contributed by atoms with Crippen LogP contribution in [0.5, 0.6) is 0 Å². The number of benzene rings is 1. The molecule has 2 nitrogen and oxygen atoms in total. The van der Waals surface area contributed by atoms with E-state index >= 15 is 0 Å². The summed E-state index contributed by atoms with van der Waals surface area (Å²) < 4.78 is 0. The van der Waals surface area contributed by atoms with E-state index in [4.69, 9.17) is 4.98 Å². The van der Waals surface area contributed by atoms with Gasteiger partial charge in [-0.15, -0.1) is 0 Å². The Morgan fingerprint density at radius 2 is 1.95 bits per heavy atom. The second-order valence-corrected chi connectivity index (χ2v) is 5.73. The van der Waals surface area contributed by atoms with Crippen LogP contribution in [0.25, 0.3) is 10.9 Å². The fourth-order valence-corrected chi connectivity index (χ4v) is 2.46. The Balaban J connectivity index is 2.49. The lowest BCUT2D eigenvalue weighted by molar-refractivity contribution is 0.795. The van der Waals surface area contributed by atoms with Gasteiger partial charge in [0.05, 0.1) is 5.52 Å². The standard InChI is InChI=1S/C18H26N2/c1-5-7-8-14-9-10-16-15(11-14)18(19-6-2)12-17(20-16)13(3)4/h9-13H,5-8H2,1-4H3,(H,19,20). The first-order valence-electron chi connectivity index (χ1n) is 7.83. The molecule has 0 aliphatic carbocycles. The third-order valence-corrected chi connectivity index (χ3v) is 3.67. The Labute approximate surface area is 122 Å². The Bertz CT molecular complexity index is 573. The largest absolute Gasteiger partial charge is 0.385 e. The molecular formula is C18H26N2. The smallest absolute Gasteiger partial charge is 0.0726 e. The van der Waals surface area contributed by atoms with Crippen molar-refractivity contribution in [2.75, 3.05) is 11.9 Å². The average molecular weight is 270 g/mol. The number of nitrogens with zero attached hydrogens (tertiary/aromatic N) is 1. The van der Waals surface area contributed by atoms with E-state index in [1.165, 1.54) is 29.5 Å². The van der Waals surface area contributed by atoms with Crippen molar-refractivity contribution >= 4 is 16.6 Å². The van der Waals surface area contributed by atoms with E-state index in [-0.39, 0.29) is 0 Å². The van der Waals surface area contributed by atoms with E-state index in [2.05, 4.69) is 57.3 Å². The molecule has 0 amide bonds. The monoisotopic (exact) mass is 270 g/mol. The lowest BCUT2D eigenvalue weighted by Gasteiger charge is -2.13. The van der Waals surface area contributed by atoms with Crippen LogP contribution in [0.4, 0.5) is 5.69 Å². The van der Waals surface area contributed by atoms with E-state index < -0.39 is 0 Å². The number of nitrogens with one attached hydrogen (secondary N) is 1. The van der Waals surface area contributed by atoms with E-state index in [1.807, 2.05) is 0 Å². The van der Waals surface area contributed by atoms with E-state index in [9.17, 15) is 0 Å². The SMILES string of the molecule is CCCCc1ccc2nc(C(C)C)cc(NCC)c2c1. The first-order valence-corrected chi connectivity index (χ1v) is 7.83. The fraction of sp³-hybridized carbons (Fsp3) is 0.500. The van der Waals surface area contributed by atoms with Gasteiger partial charge in [0.2, 0.25) is 0 Å². The summed E-state index contributed by atoms with van der Waals surface area (Å²) in [6.45, 7) is 9.71. The Morgan fingerprint density at radius 1 is 1.15 bits per heavy atom. The molecule has 0 saturated carbocycles. The lowest BCUT2D eigenvalue weighted by Crippen LogP contribution is -2.02. The average Bonchev–Trinajstić information content (AvgIpc) is 2.45. The highest BCUT2D eigenvalue weighted by Crippen LogP contribution is 2.27. The number of rotatable bonds is 6. The normalized spacial score (nSPS) is 11.2. The summed E-state index contributed by atoms with van der Waals surface area (Å²) in [5.41, 5.74) is 4.90. The molecule has 0 aliphatic rings. The molecule has 0 saturated heterocycles. The highest BCUT2D eigenvalue weighted by molar-refractivity contribution is 5.92. The second-order valence-electron chi connectivity index (χ2n) is 5.73. The molecule has 0 aliphatic heterocycles. The first kappa shape index (κ1) is 14.8. The second kappa shape index (κ2) is 6.74. The van der Waals surface area contributed by atoms with Crippen molar-refractivity contribution in [2.24, 2.45) is 0 Å². The van der Waals surface area contributed by atoms with E-state index in [0.717, 1.165) is 24.2 Å². The van der Waals surface area contributed by atoms with Gasteiger partial charge in [0.1, 0.15) is 0 Å². The molecule has 1 heterocycles. The quantitative estimate of drug-likeness (QED) is 0.786. The molecule has 2 heteroatoms. The van der Waals surface area contributed by atoms with Gasteiger partial charge in [-0.1, -0.05) is 33.3 Å². The number of pyridine rings is 1. The van der Waals surface area contributed by atoms with Gasteiger partial charge in [-0.05, 0) is 49.4 Å². The van der Waals surface area contributed by atoms with Crippen molar-refractivity contribution in [1.82, 2.24) is 4.98 Å². The molecule has 20 heavy (non-hydrogen) atoms. The lowest BCUT2D eigenvalue weighted by atomic mass is 10.0. The van der Waals surface area contributed by atoms with Crippen LogP contribution < -0.4 is 5.32 Å². The number of fused-ring (bicyclic) bond motifs is 1. The summed E-state index contributed by atoms with van der Waals surface area (Å²) >= 11 is 0. The summed E-state index contributed by atoms with van der Waals surface area (Å²) in [6, 6.07) is 8.91. The van der Waals surface area contributed by atoms with Gasteiger partial charge in [0.15, 0.2) is 0 Å². The minimum Gasteiger partial charge on any atom is -0.385 e. The molecule has 0 fully saturated rings. The van der Waals surface area contributed by atoms with Crippen LogP contribution in [-0.4, -0.2) is 11.5 Å². The van der Waals surface area contributed by atoms with Crippen LogP contribution in [0.15, 0.2) is 24.3 Å². The number of aryl methyl sites for hydroxylation is 1. The van der Waals surface area contributed by atoms with Gasteiger partial charge in [-0.2, -0.15) is 0 Å². The highest BCUT2D eigenvalue weighted by atomic mass is 14.9. The van der Waals surface area contributed by atoms with Crippen molar-refractivity contribution in [2.45, 2.75) is 52.9 Å². The van der Waals surface area contributed by atoms with Crippen LogP contribution in [0.2, 0.25) is 0 Å². The number of unbranched alkanes of at least 4 members (excludes halogenated alkanes) is 1.